The summed E-state index contributed by atoms with van der Waals surface area (Å²) in [5, 5.41) is 0. The van der Waals surface area contributed by atoms with E-state index in [0.717, 1.165) is 10.8 Å². The van der Waals surface area contributed by atoms with Crippen LogP contribution >= 0.6 is 15.9 Å². The summed E-state index contributed by atoms with van der Waals surface area (Å²) in [4.78, 5) is 10.6. The molecule has 4 heteroatoms. The van der Waals surface area contributed by atoms with E-state index in [1.807, 2.05) is 0 Å². The summed E-state index contributed by atoms with van der Waals surface area (Å²) >= 11 is 3.23. The van der Waals surface area contributed by atoms with Crippen LogP contribution in [-0.4, -0.2) is 19.6 Å². The number of alkyl halides is 1. The summed E-state index contributed by atoms with van der Waals surface area (Å²) in [5.74, 6) is 0.587. The molecule has 0 saturated carbocycles. The van der Waals surface area contributed by atoms with E-state index in [9.17, 15) is 9.18 Å². The summed E-state index contributed by atoms with van der Waals surface area (Å²) in [6.07, 6.45) is 1.11. The largest absolute Gasteiger partial charge is 0.493 e. The first-order valence-corrected chi connectivity index (χ1v) is 5.00. The van der Waals surface area contributed by atoms with E-state index in [2.05, 4.69) is 15.9 Å². The lowest BCUT2D eigenvalue weighted by Crippen LogP contribution is -1.98. The lowest BCUT2D eigenvalue weighted by molar-refractivity contribution is 0.112. The number of hydrogen-bond donors (Lipinski definition) is 0. The van der Waals surface area contributed by atoms with Crippen LogP contribution in [0, 0.1) is 0 Å². The van der Waals surface area contributed by atoms with Gasteiger partial charge in [0.25, 0.3) is 0 Å². The van der Waals surface area contributed by atoms with Crippen LogP contribution in [0.1, 0.15) is 16.8 Å². The maximum absolute atomic E-state index is 11.8. The van der Waals surface area contributed by atoms with Gasteiger partial charge in [-0.25, -0.2) is 0 Å². The van der Waals surface area contributed by atoms with Crippen molar-refractivity contribution in [2.24, 2.45) is 0 Å². The molecule has 0 aromatic heterocycles. The lowest BCUT2D eigenvalue weighted by atomic mass is 10.2. The van der Waals surface area contributed by atoms with Crippen LogP contribution < -0.4 is 4.74 Å². The quantitative estimate of drug-likeness (QED) is 0.601. The molecule has 0 unspecified atom stereocenters. The third-order valence-electron chi connectivity index (χ3n) is 1.64. The number of carbonyl (C=O) groups excluding carboxylic acids is 1. The molecule has 14 heavy (non-hydrogen) atoms. The van der Waals surface area contributed by atoms with Crippen molar-refractivity contribution in [2.75, 3.05) is 13.3 Å². The van der Waals surface area contributed by atoms with Crippen LogP contribution in [0.4, 0.5) is 4.39 Å². The van der Waals surface area contributed by atoms with Gasteiger partial charge in [-0.2, -0.15) is 0 Å². The third kappa shape index (κ3) is 3.10. The van der Waals surface area contributed by atoms with E-state index in [4.69, 9.17) is 4.74 Å². The Morgan fingerprint density at radius 1 is 1.50 bits per heavy atom. The van der Waals surface area contributed by atoms with Gasteiger partial charge in [0, 0.05) is 16.5 Å². The van der Waals surface area contributed by atoms with Crippen molar-refractivity contribution in [3.63, 3.8) is 0 Å². The first-order valence-electron chi connectivity index (χ1n) is 4.21. The Morgan fingerprint density at radius 2 is 2.29 bits per heavy atom. The van der Waals surface area contributed by atoms with Crippen molar-refractivity contribution in [3.8, 4) is 5.75 Å². The lowest BCUT2D eigenvalue weighted by Gasteiger charge is -2.05. The number of carbonyl (C=O) groups is 1. The molecule has 1 aromatic carbocycles. The molecule has 0 aliphatic heterocycles. The molecule has 0 spiro atoms. The van der Waals surface area contributed by atoms with Crippen molar-refractivity contribution in [3.05, 3.63) is 28.2 Å². The van der Waals surface area contributed by atoms with Crippen molar-refractivity contribution in [2.45, 2.75) is 6.42 Å². The minimum atomic E-state index is -0.392. The molecule has 1 rings (SSSR count). The number of halogens is 2. The van der Waals surface area contributed by atoms with Crippen LogP contribution in [0.3, 0.4) is 0 Å². The van der Waals surface area contributed by atoms with Gasteiger partial charge in [-0.1, -0.05) is 15.9 Å². The maximum Gasteiger partial charge on any atom is 0.151 e. The van der Waals surface area contributed by atoms with Crippen molar-refractivity contribution < 1.29 is 13.9 Å². The standard InChI is InChI=1S/C10H10BrFO2/c11-10-3-2-9(6-8(10)7-13)14-5-1-4-12/h2-3,6-7H,1,4-5H2. The second kappa shape index (κ2) is 5.75. The zero-order chi connectivity index (χ0) is 10.4. The highest BCUT2D eigenvalue weighted by Gasteiger charge is 2.00. The van der Waals surface area contributed by atoms with Crippen LogP contribution in [0.2, 0.25) is 0 Å². The maximum atomic E-state index is 11.8. The molecule has 0 saturated heterocycles. The second-order valence-electron chi connectivity index (χ2n) is 2.69. The van der Waals surface area contributed by atoms with Gasteiger partial charge >= 0.3 is 0 Å². The summed E-state index contributed by atoms with van der Waals surface area (Å²) in [6, 6.07) is 5.08. The number of ether oxygens (including phenoxy) is 1. The Hall–Kier alpha value is -0.900. The topological polar surface area (TPSA) is 26.3 Å². The fourth-order valence-corrected chi connectivity index (χ4v) is 1.29. The van der Waals surface area contributed by atoms with Crippen molar-refractivity contribution >= 4 is 22.2 Å². The number of rotatable bonds is 5. The van der Waals surface area contributed by atoms with E-state index in [0.29, 0.717) is 24.3 Å². The van der Waals surface area contributed by atoms with Gasteiger partial charge in [0.2, 0.25) is 0 Å². The average molecular weight is 261 g/mol. The van der Waals surface area contributed by atoms with E-state index in [1.54, 1.807) is 18.2 Å². The molecule has 2 nitrogen and oxygen atoms in total. The van der Waals surface area contributed by atoms with Crippen LogP contribution in [0.5, 0.6) is 5.75 Å². The van der Waals surface area contributed by atoms with E-state index >= 15 is 0 Å². The molecule has 0 heterocycles. The SMILES string of the molecule is O=Cc1cc(OCCCF)ccc1Br. The number of hydrogen-bond acceptors (Lipinski definition) is 2. The average Bonchev–Trinajstić information content (AvgIpc) is 2.21. The van der Waals surface area contributed by atoms with E-state index in [1.165, 1.54) is 0 Å². The highest BCUT2D eigenvalue weighted by Crippen LogP contribution is 2.21. The Balaban J connectivity index is 2.64. The normalized spacial score (nSPS) is 9.86. The summed E-state index contributed by atoms with van der Waals surface area (Å²) in [7, 11) is 0. The second-order valence-corrected chi connectivity index (χ2v) is 3.55. The Labute approximate surface area is 90.2 Å². The fraction of sp³-hybridized carbons (Fsp3) is 0.300. The van der Waals surface area contributed by atoms with E-state index < -0.39 is 6.67 Å². The van der Waals surface area contributed by atoms with Gasteiger partial charge < -0.3 is 4.74 Å². The summed E-state index contributed by atoms with van der Waals surface area (Å²) in [5.41, 5.74) is 0.530. The van der Waals surface area contributed by atoms with Crippen LogP contribution in [0.15, 0.2) is 22.7 Å². The first-order chi connectivity index (χ1) is 6.77. The van der Waals surface area contributed by atoms with Crippen LogP contribution in [0.25, 0.3) is 0 Å². The predicted octanol–water partition coefficient (Wildman–Crippen LogP) is 3.00. The van der Waals surface area contributed by atoms with Gasteiger partial charge in [-0.15, -0.1) is 0 Å². The van der Waals surface area contributed by atoms with Gasteiger partial charge in [-0.05, 0) is 18.2 Å². The molecular weight excluding hydrogens is 251 g/mol. The van der Waals surface area contributed by atoms with Crippen molar-refractivity contribution in [1.29, 1.82) is 0 Å². The smallest absolute Gasteiger partial charge is 0.151 e. The zero-order valence-corrected chi connectivity index (χ0v) is 9.09. The minimum Gasteiger partial charge on any atom is -0.493 e. The number of benzene rings is 1. The fourth-order valence-electron chi connectivity index (χ4n) is 0.947. The highest BCUT2D eigenvalue weighted by atomic mass is 79.9. The highest BCUT2D eigenvalue weighted by molar-refractivity contribution is 9.10. The van der Waals surface area contributed by atoms with Crippen LogP contribution in [-0.2, 0) is 0 Å². The molecular formula is C10H10BrFO2. The third-order valence-corrected chi connectivity index (χ3v) is 2.36. The monoisotopic (exact) mass is 260 g/mol. The van der Waals surface area contributed by atoms with Gasteiger partial charge in [0.1, 0.15) is 5.75 Å². The Bertz CT molecular complexity index is 315. The summed E-state index contributed by atoms with van der Waals surface area (Å²) < 4.78 is 17.7. The van der Waals surface area contributed by atoms with E-state index in [-0.39, 0.29) is 0 Å². The Kier molecular flexibility index (Phi) is 4.59. The molecule has 0 aliphatic carbocycles. The minimum absolute atomic E-state index is 0.330. The van der Waals surface area contributed by atoms with Gasteiger partial charge in [-0.3, -0.25) is 9.18 Å². The number of aldehydes is 1. The molecule has 76 valence electrons. The predicted molar refractivity (Wildman–Crippen MR) is 55.6 cm³/mol. The van der Waals surface area contributed by atoms with Crippen molar-refractivity contribution in [1.82, 2.24) is 0 Å². The molecule has 0 radical (unpaired) electrons. The molecule has 0 bridgehead atoms. The summed E-state index contributed by atoms with van der Waals surface area (Å²) in [6.45, 7) is -0.0620. The molecule has 0 atom stereocenters. The molecule has 0 fully saturated rings. The molecule has 0 aliphatic rings. The van der Waals surface area contributed by atoms with Gasteiger partial charge in [0.05, 0.1) is 13.3 Å². The Morgan fingerprint density at radius 3 is 2.93 bits per heavy atom. The molecule has 1 aromatic rings. The zero-order valence-electron chi connectivity index (χ0n) is 7.50. The first kappa shape index (κ1) is 11.2. The molecule has 0 amide bonds. The van der Waals surface area contributed by atoms with Gasteiger partial charge in [0.15, 0.2) is 6.29 Å². The molecule has 0 N–H and O–H groups in total.